The molecule has 1 fully saturated rings. The van der Waals surface area contributed by atoms with E-state index in [1.165, 1.54) is 23.1 Å². The first kappa shape index (κ1) is 39.4. The molecule has 1 saturated heterocycles. The summed E-state index contributed by atoms with van der Waals surface area (Å²) >= 11 is 0. The number of ether oxygens (including phenoxy) is 1. The van der Waals surface area contributed by atoms with Crippen molar-refractivity contribution in [2.75, 3.05) is 43.6 Å². The van der Waals surface area contributed by atoms with Crippen LogP contribution in [0.25, 0.3) is 6.08 Å². The number of carbonyl (C=O) groups excluding carboxylic acids is 3. The Labute approximate surface area is 324 Å². The maximum atomic E-state index is 14.5. The number of carbonyl (C=O) groups is 3. The summed E-state index contributed by atoms with van der Waals surface area (Å²) in [4.78, 5) is 50.2. The van der Waals surface area contributed by atoms with Crippen molar-refractivity contribution in [3.8, 4) is 0 Å². The Morgan fingerprint density at radius 3 is 2.05 bits per heavy atom. The van der Waals surface area contributed by atoms with Crippen molar-refractivity contribution in [3.05, 3.63) is 167 Å². The zero-order valence-corrected chi connectivity index (χ0v) is 30.9. The molecule has 1 atom stereocenters. The van der Waals surface area contributed by atoms with Crippen molar-refractivity contribution in [2.24, 2.45) is 0 Å². The van der Waals surface area contributed by atoms with Gasteiger partial charge in [-0.05, 0) is 70.8 Å². The van der Waals surface area contributed by atoms with Crippen molar-refractivity contribution >= 4 is 35.2 Å². The van der Waals surface area contributed by atoms with Crippen LogP contribution in [0, 0.1) is 0 Å². The number of anilines is 2. The summed E-state index contributed by atoms with van der Waals surface area (Å²) in [7, 11) is 1.68. The molecule has 6 rings (SSSR count). The van der Waals surface area contributed by atoms with Gasteiger partial charge in [0.1, 0.15) is 11.7 Å². The fourth-order valence-corrected chi connectivity index (χ4v) is 6.37. The zero-order valence-electron chi connectivity index (χ0n) is 30.9. The number of pyridine rings is 1. The Balaban J connectivity index is 1.26. The molecular formula is C44H42F3N5O4. The molecule has 1 N–H and O–H groups in total. The van der Waals surface area contributed by atoms with Gasteiger partial charge in [-0.2, -0.15) is 13.2 Å². The second kappa shape index (κ2) is 18.4. The molecule has 288 valence electrons. The lowest BCUT2D eigenvalue weighted by atomic mass is 10.0. The Hall–Kier alpha value is -6.27. The summed E-state index contributed by atoms with van der Waals surface area (Å²) in [6.45, 7) is 3.11. The molecule has 0 radical (unpaired) electrons. The largest absolute Gasteiger partial charge is 0.433 e. The van der Waals surface area contributed by atoms with Gasteiger partial charge in [0.2, 0.25) is 11.8 Å². The SMILES string of the molecule is CN(Cc1ccc(NC(=O)c2ccccc2)cc1)C(=O)[C@H](Cc1ccccc1)N(Cc1ccc(N2CCOCC2)cc1)C(=O)/C=C/c1ccc(C(F)(F)F)nc1. The predicted molar refractivity (Wildman–Crippen MR) is 210 cm³/mol. The maximum absolute atomic E-state index is 14.5. The first-order valence-corrected chi connectivity index (χ1v) is 18.2. The molecule has 5 aromatic rings. The third-order valence-electron chi connectivity index (χ3n) is 9.42. The van der Waals surface area contributed by atoms with E-state index in [1.807, 2.05) is 72.8 Å². The number of amides is 3. The van der Waals surface area contributed by atoms with Crippen LogP contribution >= 0.6 is 0 Å². The van der Waals surface area contributed by atoms with Gasteiger partial charge in [0.15, 0.2) is 0 Å². The number of rotatable bonds is 13. The summed E-state index contributed by atoms with van der Waals surface area (Å²) in [5.41, 5.74) is 3.86. The summed E-state index contributed by atoms with van der Waals surface area (Å²) in [6, 6.07) is 34.5. The Bertz CT molecular complexity index is 2090. The molecule has 56 heavy (non-hydrogen) atoms. The van der Waals surface area contributed by atoms with Crippen LogP contribution in [0.15, 0.2) is 134 Å². The molecule has 0 aliphatic carbocycles. The third kappa shape index (κ3) is 10.7. The van der Waals surface area contributed by atoms with Crippen molar-refractivity contribution in [1.82, 2.24) is 14.8 Å². The molecule has 0 spiro atoms. The predicted octanol–water partition coefficient (Wildman–Crippen LogP) is 7.50. The summed E-state index contributed by atoms with van der Waals surface area (Å²) in [6.07, 6.45) is -0.665. The van der Waals surface area contributed by atoms with Crippen LogP contribution in [0.3, 0.4) is 0 Å². The first-order chi connectivity index (χ1) is 27.0. The quantitative estimate of drug-likeness (QED) is 0.125. The number of aromatic nitrogens is 1. The lowest BCUT2D eigenvalue weighted by Crippen LogP contribution is -2.50. The number of nitrogens with one attached hydrogen (secondary N) is 1. The minimum Gasteiger partial charge on any atom is -0.378 e. The number of benzene rings is 4. The van der Waals surface area contributed by atoms with Crippen LogP contribution in [0.2, 0.25) is 0 Å². The van der Waals surface area contributed by atoms with Gasteiger partial charge in [0.05, 0.1) is 13.2 Å². The number of alkyl halides is 3. The van der Waals surface area contributed by atoms with Gasteiger partial charge >= 0.3 is 6.18 Å². The van der Waals surface area contributed by atoms with Crippen molar-refractivity contribution in [2.45, 2.75) is 31.7 Å². The highest BCUT2D eigenvalue weighted by atomic mass is 19.4. The van der Waals surface area contributed by atoms with Gasteiger partial charge < -0.3 is 24.8 Å². The molecule has 0 bridgehead atoms. The number of hydrogen-bond donors (Lipinski definition) is 1. The molecule has 0 unspecified atom stereocenters. The van der Waals surface area contributed by atoms with E-state index in [4.69, 9.17) is 4.74 Å². The second-order valence-corrected chi connectivity index (χ2v) is 13.5. The van der Waals surface area contributed by atoms with Gasteiger partial charge in [0, 0.05) is 68.9 Å². The van der Waals surface area contributed by atoms with Crippen LogP contribution in [0.1, 0.15) is 38.3 Å². The third-order valence-corrected chi connectivity index (χ3v) is 9.42. The van der Waals surface area contributed by atoms with Crippen LogP contribution in [0.5, 0.6) is 0 Å². The monoisotopic (exact) mass is 761 g/mol. The van der Waals surface area contributed by atoms with E-state index in [-0.39, 0.29) is 31.3 Å². The summed E-state index contributed by atoms with van der Waals surface area (Å²) in [5, 5.41) is 2.88. The van der Waals surface area contributed by atoms with Gasteiger partial charge in [-0.1, -0.05) is 78.9 Å². The van der Waals surface area contributed by atoms with Crippen molar-refractivity contribution < 1.29 is 32.3 Å². The number of hydrogen-bond acceptors (Lipinski definition) is 6. The van der Waals surface area contributed by atoms with Gasteiger partial charge in [-0.15, -0.1) is 0 Å². The standard InChI is InChI=1S/C44H42F3N5O4/c1-50(30-34-12-18-37(19-13-34)49-42(54)36-10-6-3-7-11-36)43(55)39(28-32-8-4-2-5-9-32)52(31-35-14-20-38(21-15-35)51-24-26-56-27-25-51)41(53)23-17-33-16-22-40(48-29-33)44(45,46)47/h2-23,29,39H,24-28,30-31H2,1H3,(H,49,54)/b23-17+/t39-/m0/s1. The van der Waals surface area contributed by atoms with Crippen LogP contribution < -0.4 is 10.2 Å². The molecule has 1 aliphatic rings. The smallest absolute Gasteiger partial charge is 0.378 e. The average molecular weight is 762 g/mol. The second-order valence-electron chi connectivity index (χ2n) is 13.5. The molecule has 0 saturated carbocycles. The van der Waals surface area contributed by atoms with E-state index < -0.39 is 23.8 Å². The lowest BCUT2D eigenvalue weighted by Gasteiger charge is -2.34. The topological polar surface area (TPSA) is 95.1 Å². The molecule has 12 heteroatoms. The molecule has 1 aromatic heterocycles. The molecule has 9 nitrogen and oxygen atoms in total. The first-order valence-electron chi connectivity index (χ1n) is 18.2. The van der Waals surface area contributed by atoms with Crippen LogP contribution in [-0.4, -0.2) is 71.9 Å². The van der Waals surface area contributed by atoms with E-state index in [0.29, 0.717) is 30.0 Å². The molecular weight excluding hydrogens is 720 g/mol. The van der Waals surface area contributed by atoms with E-state index >= 15 is 0 Å². The highest BCUT2D eigenvalue weighted by Crippen LogP contribution is 2.27. The van der Waals surface area contributed by atoms with Crippen molar-refractivity contribution in [3.63, 3.8) is 0 Å². The van der Waals surface area contributed by atoms with E-state index in [9.17, 15) is 27.6 Å². The molecule has 1 aliphatic heterocycles. The van der Waals surface area contributed by atoms with Gasteiger partial charge in [-0.3, -0.25) is 19.4 Å². The fraction of sp³-hybridized carbons (Fsp3) is 0.227. The molecule has 3 amide bonds. The zero-order chi connectivity index (χ0) is 39.5. The van der Waals surface area contributed by atoms with E-state index in [1.54, 1.807) is 48.3 Å². The summed E-state index contributed by atoms with van der Waals surface area (Å²) in [5.74, 6) is -1.04. The minimum atomic E-state index is -4.59. The van der Waals surface area contributed by atoms with E-state index in [2.05, 4.69) is 15.2 Å². The Kier molecular flexibility index (Phi) is 12.9. The average Bonchev–Trinajstić information content (AvgIpc) is 3.22. The Morgan fingerprint density at radius 2 is 1.43 bits per heavy atom. The number of likely N-dealkylation sites (N-methyl/N-ethyl adjacent to an activating group) is 1. The minimum absolute atomic E-state index is 0.0880. The number of morpholine rings is 1. The van der Waals surface area contributed by atoms with Gasteiger partial charge in [-0.25, -0.2) is 0 Å². The van der Waals surface area contributed by atoms with Crippen LogP contribution in [-0.2, 0) is 40.0 Å². The maximum Gasteiger partial charge on any atom is 0.433 e. The number of halogens is 3. The number of nitrogens with zero attached hydrogens (tertiary/aromatic N) is 4. The van der Waals surface area contributed by atoms with Gasteiger partial charge in [0.25, 0.3) is 5.91 Å². The normalized spacial score (nSPS) is 13.6. The van der Waals surface area contributed by atoms with E-state index in [0.717, 1.165) is 47.7 Å². The van der Waals surface area contributed by atoms with Crippen molar-refractivity contribution in [1.29, 1.82) is 0 Å². The van der Waals surface area contributed by atoms with Crippen LogP contribution in [0.4, 0.5) is 24.5 Å². The fourth-order valence-electron chi connectivity index (χ4n) is 6.37. The molecule has 2 heterocycles. The highest BCUT2D eigenvalue weighted by molar-refractivity contribution is 6.04. The highest BCUT2D eigenvalue weighted by Gasteiger charge is 2.33. The Morgan fingerprint density at radius 1 is 0.804 bits per heavy atom. The summed E-state index contributed by atoms with van der Waals surface area (Å²) < 4.78 is 44.9. The molecule has 4 aromatic carbocycles. The lowest BCUT2D eigenvalue weighted by molar-refractivity contribution is -0.143.